The molecule has 4 fully saturated rings. The molecular formula is C59H77ClN8O8S. The van der Waals surface area contributed by atoms with E-state index in [0.717, 1.165) is 80.1 Å². The van der Waals surface area contributed by atoms with Gasteiger partial charge in [0.15, 0.2) is 0 Å². The zero-order chi connectivity index (χ0) is 55.4. The molecule has 4 amide bonds. The van der Waals surface area contributed by atoms with E-state index in [-0.39, 0.29) is 72.6 Å². The highest BCUT2D eigenvalue weighted by Gasteiger charge is 2.64. The van der Waals surface area contributed by atoms with Gasteiger partial charge in [-0.1, -0.05) is 97.2 Å². The molecular weight excluding hydrogens is 1020 g/mol. The van der Waals surface area contributed by atoms with Crippen LogP contribution in [0.4, 0.5) is 0 Å². The first-order chi connectivity index (χ1) is 36.5. The number of rotatable bonds is 18. The number of nitrogens with one attached hydrogen (secondary N) is 3. The Bertz CT molecular complexity index is 2750. The molecule has 0 radical (unpaired) electrons. The first-order valence-corrected chi connectivity index (χ1v) is 28.4. The molecule has 3 aromatic carbocycles. The SMILES string of the molecule is Cc1ncsc1-c1ccc([C@H](C)NC(=O)[C@@H]2C[C@@H](O)CN2C(=O)C(NC(=O)CO[C@@H]2CCCC[C@H]2N2CCN(CCOc3ccc(C(=O)N[C@H]4C(C)(C)[C@H](Oc5ccc(C#N)c(Cl)c5)C4(C)C)cc3)CC2)C(C)(C)C)cc1. The quantitative estimate of drug-likeness (QED) is 0.0752. The summed E-state index contributed by atoms with van der Waals surface area (Å²) in [6.07, 6.45) is 2.80. The molecule has 1 unspecified atom stereocenters. The predicted octanol–water partition coefficient (Wildman–Crippen LogP) is 7.95. The summed E-state index contributed by atoms with van der Waals surface area (Å²) in [5.74, 6) is -0.0578. The van der Waals surface area contributed by atoms with Crippen molar-refractivity contribution in [2.24, 2.45) is 16.2 Å². The van der Waals surface area contributed by atoms with Crippen LogP contribution in [-0.2, 0) is 19.1 Å². The van der Waals surface area contributed by atoms with Crippen LogP contribution in [0, 0.1) is 34.5 Å². The van der Waals surface area contributed by atoms with Crippen molar-refractivity contribution < 1.29 is 38.5 Å². The van der Waals surface area contributed by atoms with Gasteiger partial charge in [-0.25, -0.2) is 4.98 Å². The van der Waals surface area contributed by atoms with Crippen LogP contribution in [0.1, 0.15) is 121 Å². The maximum Gasteiger partial charge on any atom is 0.251 e. The van der Waals surface area contributed by atoms with Crippen molar-refractivity contribution >= 4 is 46.6 Å². The Morgan fingerprint density at radius 2 is 1.61 bits per heavy atom. The number of benzene rings is 3. The molecule has 2 aliphatic carbocycles. The number of halogens is 1. The van der Waals surface area contributed by atoms with Crippen molar-refractivity contribution in [3.63, 3.8) is 0 Å². The number of aromatic nitrogens is 1. The fourth-order valence-corrected chi connectivity index (χ4v) is 13.2. The molecule has 3 heterocycles. The fraction of sp³-hybridized carbons (Fsp3) is 0.559. The van der Waals surface area contributed by atoms with Crippen LogP contribution in [0.25, 0.3) is 10.4 Å². The number of carbonyl (C=O) groups is 4. The van der Waals surface area contributed by atoms with Gasteiger partial charge in [0, 0.05) is 80.2 Å². The zero-order valence-corrected chi connectivity index (χ0v) is 47.6. The van der Waals surface area contributed by atoms with Gasteiger partial charge in [-0.15, -0.1) is 11.3 Å². The number of likely N-dealkylation sites (tertiary alicyclic amines) is 1. The van der Waals surface area contributed by atoms with E-state index in [1.165, 1.54) is 4.90 Å². The van der Waals surface area contributed by atoms with E-state index in [1.54, 1.807) is 41.7 Å². The number of hydrogen-bond donors (Lipinski definition) is 4. The highest BCUT2D eigenvalue weighted by molar-refractivity contribution is 7.13. The van der Waals surface area contributed by atoms with Crippen molar-refractivity contribution in [1.82, 2.24) is 35.6 Å². The summed E-state index contributed by atoms with van der Waals surface area (Å²) in [5.41, 5.74) is 4.22. The Balaban J connectivity index is 0.764. The minimum atomic E-state index is -0.956. The minimum Gasteiger partial charge on any atom is -0.492 e. The standard InChI is InChI=1S/C59H77ClN8O8S/c1-36(38-14-16-39(17-15-38)50-37(2)62-35-77-50)63-53(72)47-30-42(69)33-68(47)54(73)51(57(3,4)5)64-49(70)34-75-48-13-11-10-12-46(48)67-26-24-66(25-27-67)28-29-74-43-21-18-40(19-22-43)52(71)65-55-58(6,7)56(59(55,8)9)76-44-23-20-41(32-61)45(60)31-44/h14-23,31,35-36,42,46-48,51,55-56,69H,10-13,24-30,33-34H2,1-9H3,(H,63,72)(H,64,70)(H,65,71)/t36-,42+,46+,47-,48+,51?,55-,56-/m0/s1. The minimum absolute atomic E-state index is 0.00831. The third kappa shape index (κ3) is 13.3. The maximum atomic E-state index is 14.4. The average molecular weight is 1090 g/mol. The molecule has 4 aromatic rings. The highest BCUT2D eigenvalue weighted by atomic mass is 35.5. The summed E-state index contributed by atoms with van der Waals surface area (Å²) in [7, 11) is 0. The number of carbonyl (C=O) groups excluding carboxylic acids is 4. The van der Waals surface area contributed by atoms with Crippen LogP contribution in [0.2, 0.25) is 5.02 Å². The number of amides is 4. The summed E-state index contributed by atoms with van der Waals surface area (Å²) in [6, 6.07) is 20.2. The third-order valence-electron chi connectivity index (χ3n) is 16.3. The largest absolute Gasteiger partial charge is 0.492 e. The van der Waals surface area contributed by atoms with E-state index in [1.807, 2.05) is 76.5 Å². The van der Waals surface area contributed by atoms with Crippen LogP contribution in [-0.4, -0.2) is 143 Å². The number of aliphatic hydroxyl groups excluding tert-OH is 1. The molecule has 2 saturated carbocycles. The van der Waals surface area contributed by atoms with Crippen LogP contribution in [0.15, 0.2) is 72.2 Å². The number of β-amino-alcohol motifs (C(OH)–C–C–N with tert-alkyl or cyclic N) is 1. The summed E-state index contributed by atoms with van der Waals surface area (Å²) in [5, 5.41) is 29.7. The topological polar surface area (TPSA) is 199 Å². The maximum absolute atomic E-state index is 14.4. The van der Waals surface area contributed by atoms with Crippen LogP contribution in [0.5, 0.6) is 11.5 Å². The van der Waals surface area contributed by atoms with Gasteiger partial charge in [0.2, 0.25) is 17.7 Å². The molecule has 16 nitrogen and oxygen atoms in total. The van der Waals surface area contributed by atoms with Crippen molar-refractivity contribution in [1.29, 1.82) is 5.26 Å². The van der Waals surface area contributed by atoms with Gasteiger partial charge in [-0.2, -0.15) is 5.26 Å². The lowest BCUT2D eigenvalue weighted by atomic mass is 9.49. The van der Waals surface area contributed by atoms with Gasteiger partial charge < -0.3 is 40.2 Å². The number of piperazine rings is 1. The van der Waals surface area contributed by atoms with Crippen LogP contribution >= 0.6 is 22.9 Å². The molecule has 1 aromatic heterocycles. The predicted molar refractivity (Wildman–Crippen MR) is 298 cm³/mol. The summed E-state index contributed by atoms with van der Waals surface area (Å²) >= 11 is 7.85. The Morgan fingerprint density at radius 1 is 0.935 bits per heavy atom. The van der Waals surface area contributed by atoms with E-state index in [0.29, 0.717) is 34.3 Å². The molecule has 414 valence electrons. The van der Waals surface area contributed by atoms with E-state index in [4.69, 9.17) is 25.8 Å². The number of nitriles is 1. The molecule has 77 heavy (non-hydrogen) atoms. The molecule has 2 aliphatic heterocycles. The van der Waals surface area contributed by atoms with Crippen molar-refractivity contribution in [2.45, 2.75) is 143 Å². The lowest BCUT2D eigenvalue weighted by molar-refractivity contribution is -0.164. The summed E-state index contributed by atoms with van der Waals surface area (Å²) in [4.78, 5) is 67.1. The highest BCUT2D eigenvalue weighted by Crippen LogP contribution is 2.55. The number of nitrogens with zero attached hydrogens (tertiary/aromatic N) is 5. The van der Waals surface area contributed by atoms with Gasteiger partial charge in [0.1, 0.15) is 49.0 Å². The number of ether oxygens (including phenoxy) is 3. The zero-order valence-electron chi connectivity index (χ0n) is 46.1. The van der Waals surface area contributed by atoms with Gasteiger partial charge in [0.25, 0.3) is 5.91 Å². The smallest absolute Gasteiger partial charge is 0.251 e. The normalized spacial score (nSPS) is 24.2. The Morgan fingerprint density at radius 3 is 2.25 bits per heavy atom. The molecule has 0 spiro atoms. The van der Waals surface area contributed by atoms with Crippen LogP contribution in [0.3, 0.4) is 0 Å². The molecule has 2 saturated heterocycles. The Hall–Kier alpha value is -5.61. The summed E-state index contributed by atoms with van der Waals surface area (Å²) < 4.78 is 18.9. The second kappa shape index (κ2) is 24.2. The number of thiazole rings is 1. The third-order valence-corrected chi connectivity index (χ3v) is 17.5. The van der Waals surface area contributed by atoms with Gasteiger partial charge >= 0.3 is 0 Å². The molecule has 18 heteroatoms. The average Bonchev–Trinajstić information content (AvgIpc) is 4.04. The van der Waals surface area contributed by atoms with E-state index in [9.17, 15) is 29.5 Å². The second-order valence-corrected chi connectivity index (χ2v) is 24.9. The number of hydrogen-bond acceptors (Lipinski definition) is 13. The van der Waals surface area contributed by atoms with Gasteiger partial charge in [-0.3, -0.25) is 29.0 Å². The monoisotopic (exact) mass is 1090 g/mol. The van der Waals surface area contributed by atoms with Crippen LogP contribution < -0.4 is 25.4 Å². The summed E-state index contributed by atoms with van der Waals surface area (Å²) in [6.45, 7) is 22.3. The van der Waals surface area contributed by atoms with Gasteiger partial charge in [-0.05, 0) is 79.6 Å². The van der Waals surface area contributed by atoms with E-state index >= 15 is 0 Å². The number of aryl methyl sites for hydroxylation is 1. The Labute approximate surface area is 463 Å². The van der Waals surface area contributed by atoms with Gasteiger partial charge in [0.05, 0.1) is 44.9 Å². The lowest BCUT2D eigenvalue weighted by Crippen LogP contribution is -2.74. The fourth-order valence-electron chi connectivity index (χ4n) is 12.2. The van der Waals surface area contributed by atoms with E-state index < -0.39 is 35.4 Å². The molecule has 8 rings (SSSR count). The molecule has 4 aliphatic rings. The molecule has 6 atom stereocenters. The molecule has 4 N–H and O–H groups in total. The Kier molecular flexibility index (Phi) is 18.1. The van der Waals surface area contributed by atoms with Crippen molar-refractivity contribution in [2.75, 3.05) is 52.5 Å². The van der Waals surface area contributed by atoms with E-state index in [2.05, 4.69) is 64.5 Å². The lowest BCUT2D eigenvalue weighted by Gasteiger charge is -2.63. The first kappa shape index (κ1) is 57.6. The second-order valence-electron chi connectivity index (χ2n) is 23.6. The number of aliphatic hydroxyl groups is 1. The molecule has 0 bridgehead atoms. The first-order valence-electron chi connectivity index (χ1n) is 27.1. The van der Waals surface area contributed by atoms with Crippen molar-refractivity contribution in [3.05, 3.63) is 99.6 Å². The van der Waals surface area contributed by atoms with Crippen molar-refractivity contribution in [3.8, 4) is 28.0 Å².